The second kappa shape index (κ2) is 4.50. The molecule has 13 heavy (non-hydrogen) atoms. The number of nitrogens with one attached hydrogen (secondary N) is 1. The van der Waals surface area contributed by atoms with Crippen LogP contribution in [0.15, 0.2) is 0 Å². The zero-order chi connectivity index (χ0) is 9.84. The quantitative estimate of drug-likeness (QED) is 0.638. The van der Waals surface area contributed by atoms with Crippen LogP contribution in [0.3, 0.4) is 0 Å². The van der Waals surface area contributed by atoms with Gasteiger partial charge in [0.15, 0.2) is 0 Å². The molecule has 0 saturated carbocycles. The summed E-state index contributed by atoms with van der Waals surface area (Å²) in [6, 6.07) is -0.274. The minimum Gasteiger partial charge on any atom is -0.392 e. The number of aliphatic hydroxyl groups is 1. The molecule has 1 heterocycles. The van der Waals surface area contributed by atoms with Crippen molar-refractivity contribution in [1.82, 2.24) is 10.2 Å². The number of anilines is 1. The van der Waals surface area contributed by atoms with E-state index in [-0.39, 0.29) is 6.04 Å². The van der Waals surface area contributed by atoms with Crippen LogP contribution in [0.25, 0.3) is 0 Å². The molecule has 0 amide bonds. The predicted octanol–water partition coefficient (Wildman–Crippen LogP) is -0.0335. The van der Waals surface area contributed by atoms with E-state index in [0.29, 0.717) is 6.54 Å². The second-order valence-corrected chi connectivity index (χ2v) is 4.09. The SMILES string of the molecule is Cc1nnc(NCC(N)C(C)O)s1. The highest BCUT2D eigenvalue weighted by molar-refractivity contribution is 7.15. The lowest BCUT2D eigenvalue weighted by Crippen LogP contribution is -2.38. The molecule has 0 radical (unpaired) electrons. The van der Waals surface area contributed by atoms with Gasteiger partial charge < -0.3 is 16.2 Å². The van der Waals surface area contributed by atoms with Crippen molar-refractivity contribution in [3.63, 3.8) is 0 Å². The lowest BCUT2D eigenvalue weighted by atomic mass is 10.2. The predicted molar refractivity (Wildman–Crippen MR) is 52.8 cm³/mol. The van der Waals surface area contributed by atoms with Crippen LogP contribution in [-0.2, 0) is 0 Å². The fraction of sp³-hybridized carbons (Fsp3) is 0.714. The van der Waals surface area contributed by atoms with E-state index in [0.717, 1.165) is 10.1 Å². The summed E-state index contributed by atoms with van der Waals surface area (Å²) in [4.78, 5) is 0. The lowest BCUT2D eigenvalue weighted by molar-refractivity contribution is 0.168. The molecule has 2 unspecified atom stereocenters. The zero-order valence-electron chi connectivity index (χ0n) is 7.69. The average Bonchev–Trinajstić information content (AvgIpc) is 2.47. The molecule has 74 valence electrons. The molecule has 0 fully saturated rings. The molecule has 0 aliphatic carbocycles. The summed E-state index contributed by atoms with van der Waals surface area (Å²) >= 11 is 1.47. The van der Waals surface area contributed by atoms with Crippen molar-refractivity contribution in [3.8, 4) is 0 Å². The maximum absolute atomic E-state index is 9.11. The maximum atomic E-state index is 9.11. The number of nitrogens with two attached hydrogens (primary N) is 1. The molecular formula is C7H14N4OS. The first kappa shape index (κ1) is 10.4. The molecule has 0 aliphatic rings. The standard InChI is InChI=1S/C7H14N4OS/c1-4(12)6(8)3-9-7-11-10-5(2)13-7/h4,6,12H,3,8H2,1-2H3,(H,9,11). The number of aromatic nitrogens is 2. The first-order chi connectivity index (χ1) is 6.09. The molecule has 6 heteroatoms. The Hall–Kier alpha value is -0.720. The first-order valence-electron chi connectivity index (χ1n) is 4.07. The number of aryl methyl sites for hydroxylation is 1. The minimum atomic E-state index is -0.512. The average molecular weight is 202 g/mol. The Kier molecular flexibility index (Phi) is 3.58. The fourth-order valence-electron chi connectivity index (χ4n) is 0.744. The topological polar surface area (TPSA) is 84.1 Å². The number of aliphatic hydroxyl groups excluding tert-OH is 1. The summed E-state index contributed by atoms with van der Waals surface area (Å²) in [5.41, 5.74) is 5.62. The van der Waals surface area contributed by atoms with Crippen molar-refractivity contribution >= 4 is 16.5 Å². The Morgan fingerprint density at radius 2 is 2.31 bits per heavy atom. The van der Waals surface area contributed by atoms with E-state index < -0.39 is 6.10 Å². The second-order valence-electron chi connectivity index (χ2n) is 2.91. The summed E-state index contributed by atoms with van der Waals surface area (Å²) in [5.74, 6) is 0. The van der Waals surface area contributed by atoms with Crippen LogP contribution in [-0.4, -0.2) is 34.0 Å². The summed E-state index contributed by atoms with van der Waals surface area (Å²) in [5, 5.41) is 21.5. The van der Waals surface area contributed by atoms with Crippen LogP contribution in [0.5, 0.6) is 0 Å². The molecule has 0 bridgehead atoms. The van der Waals surface area contributed by atoms with E-state index in [1.165, 1.54) is 11.3 Å². The van der Waals surface area contributed by atoms with Gasteiger partial charge >= 0.3 is 0 Å². The van der Waals surface area contributed by atoms with Gasteiger partial charge in [0.05, 0.1) is 6.10 Å². The van der Waals surface area contributed by atoms with E-state index in [2.05, 4.69) is 15.5 Å². The smallest absolute Gasteiger partial charge is 0.205 e. The highest BCUT2D eigenvalue weighted by Gasteiger charge is 2.09. The van der Waals surface area contributed by atoms with Crippen LogP contribution >= 0.6 is 11.3 Å². The number of rotatable bonds is 4. The van der Waals surface area contributed by atoms with Gasteiger partial charge in [-0.15, -0.1) is 10.2 Å². The molecule has 0 aromatic carbocycles. The van der Waals surface area contributed by atoms with Gasteiger partial charge in [-0.05, 0) is 13.8 Å². The number of nitrogens with zero attached hydrogens (tertiary/aromatic N) is 2. The zero-order valence-corrected chi connectivity index (χ0v) is 8.51. The van der Waals surface area contributed by atoms with Gasteiger partial charge in [0.1, 0.15) is 5.01 Å². The highest BCUT2D eigenvalue weighted by atomic mass is 32.1. The third-order valence-electron chi connectivity index (χ3n) is 1.63. The minimum absolute atomic E-state index is 0.274. The normalized spacial score (nSPS) is 15.4. The van der Waals surface area contributed by atoms with Crippen LogP contribution in [0.1, 0.15) is 11.9 Å². The largest absolute Gasteiger partial charge is 0.392 e. The van der Waals surface area contributed by atoms with Gasteiger partial charge in [-0.1, -0.05) is 11.3 Å². The summed E-state index contributed by atoms with van der Waals surface area (Å²) in [6.45, 7) is 4.06. The van der Waals surface area contributed by atoms with Crippen LogP contribution in [0.2, 0.25) is 0 Å². The van der Waals surface area contributed by atoms with E-state index in [4.69, 9.17) is 10.8 Å². The van der Waals surface area contributed by atoms with Gasteiger partial charge in [0.2, 0.25) is 5.13 Å². The van der Waals surface area contributed by atoms with Gasteiger partial charge in [-0.3, -0.25) is 0 Å². The van der Waals surface area contributed by atoms with Gasteiger partial charge in [-0.2, -0.15) is 0 Å². The lowest BCUT2D eigenvalue weighted by Gasteiger charge is -2.14. The van der Waals surface area contributed by atoms with Crippen molar-refractivity contribution in [2.45, 2.75) is 26.0 Å². The van der Waals surface area contributed by atoms with Crippen molar-refractivity contribution in [3.05, 3.63) is 5.01 Å². The number of hydrogen-bond acceptors (Lipinski definition) is 6. The van der Waals surface area contributed by atoms with E-state index in [1.807, 2.05) is 6.92 Å². The van der Waals surface area contributed by atoms with Gasteiger partial charge in [-0.25, -0.2) is 0 Å². The van der Waals surface area contributed by atoms with E-state index in [1.54, 1.807) is 6.92 Å². The van der Waals surface area contributed by atoms with E-state index in [9.17, 15) is 0 Å². The molecule has 0 saturated heterocycles. The van der Waals surface area contributed by atoms with Crippen LogP contribution in [0, 0.1) is 6.92 Å². The van der Waals surface area contributed by atoms with Crippen molar-refractivity contribution in [2.24, 2.45) is 5.73 Å². The summed E-state index contributed by atoms with van der Waals surface area (Å²) < 4.78 is 0. The Balaban J connectivity index is 2.35. The Morgan fingerprint density at radius 3 is 2.77 bits per heavy atom. The molecule has 4 N–H and O–H groups in total. The summed E-state index contributed by atoms with van der Waals surface area (Å²) in [7, 11) is 0. The summed E-state index contributed by atoms with van der Waals surface area (Å²) in [6.07, 6.45) is -0.512. The molecule has 1 aromatic rings. The monoisotopic (exact) mass is 202 g/mol. The molecule has 2 atom stereocenters. The third kappa shape index (κ3) is 3.25. The Bertz CT molecular complexity index is 263. The van der Waals surface area contributed by atoms with Crippen LogP contribution < -0.4 is 11.1 Å². The number of hydrogen-bond donors (Lipinski definition) is 3. The molecule has 0 aliphatic heterocycles. The van der Waals surface area contributed by atoms with Crippen molar-refractivity contribution in [2.75, 3.05) is 11.9 Å². The van der Waals surface area contributed by atoms with Crippen molar-refractivity contribution < 1.29 is 5.11 Å². The molecule has 0 spiro atoms. The van der Waals surface area contributed by atoms with Crippen LogP contribution in [0.4, 0.5) is 5.13 Å². The highest BCUT2D eigenvalue weighted by Crippen LogP contribution is 2.13. The molecule has 1 aromatic heterocycles. The first-order valence-corrected chi connectivity index (χ1v) is 4.89. The van der Waals surface area contributed by atoms with Gasteiger partial charge in [0, 0.05) is 12.6 Å². The van der Waals surface area contributed by atoms with E-state index >= 15 is 0 Å². The molecule has 1 rings (SSSR count). The Morgan fingerprint density at radius 1 is 1.62 bits per heavy atom. The fourth-order valence-corrected chi connectivity index (χ4v) is 1.34. The maximum Gasteiger partial charge on any atom is 0.205 e. The molecular weight excluding hydrogens is 188 g/mol. The Labute approximate surface area is 81.0 Å². The molecule has 5 nitrogen and oxygen atoms in total. The van der Waals surface area contributed by atoms with Crippen molar-refractivity contribution in [1.29, 1.82) is 0 Å². The van der Waals surface area contributed by atoms with Gasteiger partial charge in [0.25, 0.3) is 0 Å². The third-order valence-corrected chi connectivity index (χ3v) is 2.43.